The van der Waals surface area contributed by atoms with Crippen LogP contribution < -0.4 is 10.6 Å². The van der Waals surface area contributed by atoms with Crippen molar-refractivity contribution in [3.8, 4) is 0 Å². The first kappa shape index (κ1) is 22.8. The maximum Gasteiger partial charge on any atom is 0.278 e. The Labute approximate surface area is 149 Å². The number of imide groups is 2. The highest BCUT2D eigenvalue weighted by Crippen LogP contribution is 2.25. The molecular formula is C17H30N4O4. The molecule has 8 heteroatoms. The van der Waals surface area contributed by atoms with Gasteiger partial charge >= 0.3 is 0 Å². The molecule has 142 valence electrons. The molecule has 4 amide bonds. The summed E-state index contributed by atoms with van der Waals surface area (Å²) >= 11 is 0. The van der Waals surface area contributed by atoms with Crippen molar-refractivity contribution in [2.24, 2.45) is 0 Å². The van der Waals surface area contributed by atoms with E-state index in [4.69, 9.17) is 0 Å². The Hall–Kier alpha value is -2.22. The number of carbonyl (C=O) groups is 4. The molecule has 0 radical (unpaired) electrons. The van der Waals surface area contributed by atoms with Gasteiger partial charge in [0, 0.05) is 20.0 Å². The van der Waals surface area contributed by atoms with E-state index in [1.165, 1.54) is 0 Å². The van der Waals surface area contributed by atoms with E-state index >= 15 is 0 Å². The van der Waals surface area contributed by atoms with Gasteiger partial charge in [-0.05, 0) is 20.5 Å². The van der Waals surface area contributed by atoms with Gasteiger partial charge in [0.25, 0.3) is 11.8 Å². The Morgan fingerprint density at radius 2 is 1.64 bits per heavy atom. The van der Waals surface area contributed by atoms with E-state index in [0.29, 0.717) is 12.1 Å². The zero-order chi connectivity index (χ0) is 19.7. The molecule has 25 heavy (non-hydrogen) atoms. The summed E-state index contributed by atoms with van der Waals surface area (Å²) in [5.41, 5.74) is 0.538. The summed E-state index contributed by atoms with van der Waals surface area (Å²) in [6.07, 6.45) is 0.278. The molecule has 0 aromatic carbocycles. The highest BCUT2D eigenvalue weighted by atomic mass is 16.2. The highest BCUT2D eigenvalue weighted by molar-refractivity contribution is 6.21. The topological polar surface area (TPSA) is 98.8 Å². The third-order valence-corrected chi connectivity index (χ3v) is 3.46. The molecule has 0 aromatic rings. The van der Waals surface area contributed by atoms with Crippen LogP contribution in [0.25, 0.3) is 0 Å². The van der Waals surface area contributed by atoms with Crippen molar-refractivity contribution in [2.75, 3.05) is 27.7 Å². The molecule has 2 aliphatic heterocycles. The van der Waals surface area contributed by atoms with Gasteiger partial charge in [0.15, 0.2) is 0 Å². The molecule has 2 aliphatic rings. The molecule has 8 nitrogen and oxygen atoms in total. The van der Waals surface area contributed by atoms with Crippen LogP contribution in [0.5, 0.6) is 0 Å². The lowest BCUT2D eigenvalue weighted by molar-refractivity contribution is -0.150. The molecule has 0 aromatic heterocycles. The van der Waals surface area contributed by atoms with Crippen LogP contribution in [0.3, 0.4) is 0 Å². The quantitative estimate of drug-likeness (QED) is 0.702. The Kier molecular flexibility index (Phi) is 9.66. The lowest BCUT2D eigenvalue weighted by Crippen LogP contribution is -2.55. The van der Waals surface area contributed by atoms with E-state index in [0.717, 1.165) is 4.90 Å². The molecule has 2 N–H and O–H groups in total. The lowest BCUT2D eigenvalue weighted by Gasteiger charge is -2.28. The summed E-state index contributed by atoms with van der Waals surface area (Å²) < 4.78 is 0. The molecule has 2 rings (SSSR count). The number of hydrogen-bond donors (Lipinski definition) is 2. The first-order chi connectivity index (χ1) is 11.9. The van der Waals surface area contributed by atoms with E-state index in [-0.39, 0.29) is 24.4 Å². The summed E-state index contributed by atoms with van der Waals surface area (Å²) in [5.74, 6) is -1.98. The fraction of sp³-hybridized carbons (Fsp3) is 0.647. The summed E-state index contributed by atoms with van der Waals surface area (Å²) in [4.78, 5) is 50.6. The van der Waals surface area contributed by atoms with Crippen LogP contribution in [0.4, 0.5) is 0 Å². The van der Waals surface area contributed by atoms with Crippen molar-refractivity contribution in [3.63, 3.8) is 0 Å². The normalized spacial score (nSPS) is 20.0. The lowest BCUT2D eigenvalue weighted by atomic mass is 10.0. The van der Waals surface area contributed by atoms with Crippen LogP contribution in [0, 0.1) is 0 Å². The SMILES string of the molecule is CC.CC.CNC1=C(CN(C)C)C(=O)N(C2CCC(=O)NC2=O)C1=O. The average molecular weight is 354 g/mol. The number of likely N-dealkylation sites (N-methyl/N-ethyl adjacent to an activating group) is 2. The predicted molar refractivity (Wildman–Crippen MR) is 95.4 cm³/mol. The molecule has 1 unspecified atom stereocenters. The molecule has 0 bridgehead atoms. The number of carbonyl (C=O) groups excluding carboxylic acids is 4. The standard InChI is InChI=1S/C13H18N4O4.2C2H6/c1-14-10-7(6-16(2)3)12(20)17(13(10)21)8-4-5-9(18)15-11(8)19;2*1-2/h8,14H,4-6H2,1-3H3,(H,15,18,19);2*1-2H3. The Balaban J connectivity index is 0.00000134. The maximum atomic E-state index is 12.5. The number of nitrogens with one attached hydrogen (secondary N) is 2. The van der Waals surface area contributed by atoms with Crippen molar-refractivity contribution in [2.45, 2.75) is 46.6 Å². The van der Waals surface area contributed by atoms with Crippen LogP contribution >= 0.6 is 0 Å². The second-order valence-corrected chi connectivity index (χ2v) is 5.29. The number of rotatable bonds is 4. The van der Waals surface area contributed by atoms with Gasteiger partial charge in [0.05, 0.1) is 5.57 Å². The largest absolute Gasteiger partial charge is 0.383 e. The number of nitrogens with zero attached hydrogens (tertiary/aromatic N) is 2. The van der Waals surface area contributed by atoms with Gasteiger partial charge in [0.1, 0.15) is 11.7 Å². The van der Waals surface area contributed by atoms with Crippen molar-refractivity contribution in [1.29, 1.82) is 0 Å². The van der Waals surface area contributed by atoms with Crippen molar-refractivity contribution >= 4 is 23.6 Å². The first-order valence-corrected chi connectivity index (χ1v) is 8.64. The summed E-state index contributed by atoms with van der Waals surface area (Å²) in [7, 11) is 5.13. The van der Waals surface area contributed by atoms with Gasteiger partial charge in [-0.2, -0.15) is 0 Å². The minimum Gasteiger partial charge on any atom is -0.383 e. The van der Waals surface area contributed by atoms with Gasteiger partial charge < -0.3 is 10.2 Å². The van der Waals surface area contributed by atoms with Crippen LogP contribution in [-0.4, -0.2) is 67.2 Å². The molecule has 0 spiro atoms. The first-order valence-electron chi connectivity index (χ1n) is 8.64. The summed E-state index contributed by atoms with van der Waals surface area (Å²) in [5, 5.41) is 4.90. The van der Waals surface area contributed by atoms with Crippen LogP contribution in [0.1, 0.15) is 40.5 Å². The third-order valence-electron chi connectivity index (χ3n) is 3.46. The van der Waals surface area contributed by atoms with E-state index < -0.39 is 23.8 Å². The molecule has 1 saturated heterocycles. The van der Waals surface area contributed by atoms with Gasteiger partial charge in [-0.3, -0.25) is 29.4 Å². The fourth-order valence-corrected chi connectivity index (χ4v) is 2.53. The Morgan fingerprint density at radius 1 is 1.08 bits per heavy atom. The zero-order valence-electron chi connectivity index (χ0n) is 16.2. The zero-order valence-corrected chi connectivity index (χ0v) is 16.2. The van der Waals surface area contributed by atoms with E-state index in [9.17, 15) is 19.2 Å². The molecule has 0 aliphatic carbocycles. The van der Waals surface area contributed by atoms with Gasteiger partial charge in [0.2, 0.25) is 11.8 Å². The maximum absolute atomic E-state index is 12.5. The minimum absolute atomic E-state index is 0.116. The minimum atomic E-state index is -0.925. The number of piperidine rings is 1. The predicted octanol–water partition coefficient (Wildman–Crippen LogP) is 0.248. The van der Waals surface area contributed by atoms with Crippen molar-refractivity contribution in [1.82, 2.24) is 20.4 Å². The summed E-state index contributed by atoms with van der Waals surface area (Å²) in [6.45, 7) is 8.30. The molecule has 1 fully saturated rings. The highest BCUT2D eigenvalue weighted by Gasteiger charge is 2.45. The molecule has 2 heterocycles. The molecule has 1 atom stereocenters. The molecule has 0 saturated carbocycles. The Morgan fingerprint density at radius 3 is 2.08 bits per heavy atom. The summed E-state index contributed by atoms with van der Waals surface area (Å²) in [6, 6.07) is -0.925. The van der Waals surface area contributed by atoms with Crippen molar-refractivity contribution < 1.29 is 19.2 Å². The van der Waals surface area contributed by atoms with E-state index in [1.54, 1.807) is 26.0 Å². The van der Waals surface area contributed by atoms with E-state index in [2.05, 4.69) is 10.6 Å². The van der Waals surface area contributed by atoms with Crippen LogP contribution in [-0.2, 0) is 19.2 Å². The number of amides is 4. The second kappa shape index (κ2) is 10.6. The second-order valence-electron chi connectivity index (χ2n) is 5.29. The smallest absolute Gasteiger partial charge is 0.278 e. The third kappa shape index (κ3) is 5.12. The molecular weight excluding hydrogens is 324 g/mol. The van der Waals surface area contributed by atoms with Gasteiger partial charge in [-0.15, -0.1) is 0 Å². The monoisotopic (exact) mass is 354 g/mol. The van der Waals surface area contributed by atoms with Gasteiger partial charge in [-0.25, -0.2) is 0 Å². The van der Waals surface area contributed by atoms with Gasteiger partial charge in [-0.1, -0.05) is 27.7 Å². The van der Waals surface area contributed by atoms with Crippen LogP contribution in [0.2, 0.25) is 0 Å². The number of hydrogen-bond acceptors (Lipinski definition) is 6. The Bertz CT molecular complexity index is 555. The average Bonchev–Trinajstić information content (AvgIpc) is 2.81. The van der Waals surface area contributed by atoms with Crippen molar-refractivity contribution in [3.05, 3.63) is 11.3 Å². The van der Waals surface area contributed by atoms with Crippen LogP contribution in [0.15, 0.2) is 11.3 Å². The van der Waals surface area contributed by atoms with E-state index in [1.807, 2.05) is 27.7 Å². The fourth-order valence-electron chi connectivity index (χ4n) is 2.53.